The first kappa shape index (κ1) is 17.8. The van der Waals surface area contributed by atoms with Crippen molar-refractivity contribution >= 4 is 35.3 Å². The molecule has 1 N–H and O–H groups in total. The predicted molar refractivity (Wildman–Crippen MR) is 95.1 cm³/mol. The largest absolute Gasteiger partial charge is 0.490 e. The van der Waals surface area contributed by atoms with E-state index in [0.717, 1.165) is 4.90 Å². The Morgan fingerprint density at radius 2 is 1.81 bits per heavy atom. The van der Waals surface area contributed by atoms with Gasteiger partial charge in [-0.15, -0.1) is 0 Å². The molecule has 136 valence electrons. The van der Waals surface area contributed by atoms with Crippen LogP contribution in [-0.2, 0) is 9.59 Å². The first-order valence-corrected chi connectivity index (χ1v) is 7.71. The summed E-state index contributed by atoms with van der Waals surface area (Å²) < 4.78 is 4.92. The van der Waals surface area contributed by atoms with Gasteiger partial charge in [-0.3, -0.25) is 25.0 Å². The summed E-state index contributed by atoms with van der Waals surface area (Å²) in [6.45, 7) is 0. The highest BCUT2D eigenvalue weighted by Gasteiger charge is 2.36. The quantitative estimate of drug-likeness (QED) is 0.383. The van der Waals surface area contributed by atoms with E-state index in [0.29, 0.717) is 5.69 Å². The Hall–Kier alpha value is -4.01. The number of anilines is 1. The minimum absolute atomic E-state index is 0.0441. The molecule has 3 rings (SSSR count). The molecule has 9 nitrogen and oxygen atoms in total. The van der Waals surface area contributed by atoms with Crippen molar-refractivity contribution in [2.45, 2.75) is 0 Å². The molecule has 0 unspecified atom stereocenters. The molecule has 0 radical (unpaired) electrons. The number of methoxy groups -OCH3 is 1. The molecule has 1 heterocycles. The maximum atomic E-state index is 12.7. The van der Waals surface area contributed by atoms with Crippen molar-refractivity contribution in [3.8, 4) is 5.75 Å². The number of nitrogens with zero attached hydrogens (tertiary/aromatic N) is 2. The summed E-state index contributed by atoms with van der Waals surface area (Å²) >= 11 is 0. The van der Waals surface area contributed by atoms with Crippen molar-refractivity contribution in [3.63, 3.8) is 0 Å². The molecule has 0 spiro atoms. The van der Waals surface area contributed by atoms with Gasteiger partial charge in [0.1, 0.15) is 5.57 Å². The van der Waals surface area contributed by atoms with Crippen molar-refractivity contribution in [1.82, 2.24) is 5.32 Å². The molecule has 1 aliphatic heterocycles. The third-order valence-corrected chi connectivity index (χ3v) is 3.83. The van der Waals surface area contributed by atoms with Gasteiger partial charge in [-0.05, 0) is 29.8 Å². The maximum absolute atomic E-state index is 12.7. The third kappa shape index (κ3) is 3.38. The lowest BCUT2D eigenvalue weighted by Gasteiger charge is -2.26. The number of carbonyl (C=O) groups excluding carboxylic acids is 3. The number of ether oxygens (including phenoxy) is 1. The summed E-state index contributed by atoms with van der Waals surface area (Å²) in [6.07, 6.45) is 1.19. The van der Waals surface area contributed by atoms with Crippen LogP contribution in [0.5, 0.6) is 5.75 Å². The number of benzene rings is 2. The number of nitro groups is 1. The third-order valence-electron chi connectivity index (χ3n) is 3.83. The van der Waals surface area contributed by atoms with Gasteiger partial charge < -0.3 is 4.74 Å². The summed E-state index contributed by atoms with van der Waals surface area (Å²) in [5.74, 6) is -1.66. The molecule has 0 bridgehead atoms. The standard InChI is InChI=1S/C18H13N3O6/c1-27-15-8-7-11(10-14(15)21(25)26)9-13-16(22)19-18(24)20(17(13)23)12-5-3-2-4-6-12/h2-10H,1H3,(H,19,22,24)/b13-9-. The monoisotopic (exact) mass is 367 g/mol. The number of amides is 4. The van der Waals surface area contributed by atoms with Gasteiger partial charge in [-0.2, -0.15) is 0 Å². The number of nitro benzene ring substituents is 1. The molecule has 4 amide bonds. The Balaban J connectivity index is 2.03. The van der Waals surface area contributed by atoms with E-state index >= 15 is 0 Å². The van der Waals surface area contributed by atoms with Crippen molar-refractivity contribution in [1.29, 1.82) is 0 Å². The van der Waals surface area contributed by atoms with Crippen LogP contribution in [0, 0.1) is 10.1 Å². The van der Waals surface area contributed by atoms with Crippen LogP contribution in [0.25, 0.3) is 6.08 Å². The van der Waals surface area contributed by atoms with Gasteiger partial charge in [-0.1, -0.05) is 24.3 Å². The Kier molecular flexibility index (Phi) is 4.67. The number of hydrogen-bond donors (Lipinski definition) is 1. The molecule has 2 aromatic carbocycles. The van der Waals surface area contributed by atoms with Crippen LogP contribution >= 0.6 is 0 Å². The number of carbonyl (C=O) groups is 3. The van der Waals surface area contributed by atoms with Gasteiger partial charge in [-0.25, -0.2) is 9.69 Å². The Bertz CT molecular complexity index is 984. The molecular formula is C18H13N3O6. The number of barbiturate groups is 1. The van der Waals surface area contributed by atoms with E-state index in [1.165, 1.54) is 31.4 Å². The topological polar surface area (TPSA) is 119 Å². The first-order valence-electron chi connectivity index (χ1n) is 7.71. The molecule has 1 fully saturated rings. The minimum atomic E-state index is -0.879. The van der Waals surface area contributed by atoms with Gasteiger partial charge in [0.15, 0.2) is 5.75 Å². The van der Waals surface area contributed by atoms with Crippen molar-refractivity contribution in [2.75, 3.05) is 12.0 Å². The van der Waals surface area contributed by atoms with Crippen LogP contribution in [0.1, 0.15) is 5.56 Å². The first-order chi connectivity index (χ1) is 12.9. The predicted octanol–water partition coefficient (Wildman–Crippen LogP) is 2.27. The average molecular weight is 367 g/mol. The molecule has 27 heavy (non-hydrogen) atoms. The van der Waals surface area contributed by atoms with Crippen molar-refractivity contribution in [2.24, 2.45) is 0 Å². The Morgan fingerprint density at radius 1 is 1.11 bits per heavy atom. The molecule has 9 heteroatoms. The highest BCUT2D eigenvalue weighted by molar-refractivity contribution is 6.39. The second kappa shape index (κ2) is 7.08. The molecular weight excluding hydrogens is 354 g/mol. The maximum Gasteiger partial charge on any atom is 0.335 e. The van der Waals surface area contributed by atoms with Crippen LogP contribution in [0.3, 0.4) is 0 Å². The van der Waals surface area contributed by atoms with Crippen LogP contribution in [-0.4, -0.2) is 29.9 Å². The van der Waals surface area contributed by atoms with E-state index in [-0.39, 0.29) is 22.6 Å². The van der Waals surface area contributed by atoms with E-state index < -0.39 is 22.8 Å². The lowest BCUT2D eigenvalue weighted by Crippen LogP contribution is -2.54. The molecule has 0 atom stereocenters. The molecule has 0 saturated carbocycles. The second-order valence-corrected chi connectivity index (χ2v) is 5.48. The van der Waals surface area contributed by atoms with E-state index in [1.807, 2.05) is 0 Å². The van der Waals surface area contributed by atoms with E-state index in [4.69, 9.17) is 4.74 Å². The van der Waals surface area contributed by atoms with Crippen molar-refractivity contribution in [3.05, 3.63) is 69.8 Å². The van der Waals surface area contributed by atoms with Crippen LogP contribution < -0.4 is 15.0 Å². The SMILES string of the molecule is COc1ccc(/C=C2/C(=O)NC(=O)N(c3ccccc3)C2=O)cc1[N+](=O)[O-]. The number of rotatable bonds is 4. The molecule has 1 saturated heterocycles. The van der Waals surface area contributed by atoms with Gasteiger partial charge in [0.25, 0.3) is 11.8 Å². The fourth-order valence-corrected chi connectivity index (χ4v) is 2.58. The van der Waals surface area contributed by atoms with Crippen LogP contribution in [0.2, 0.25) is 0 Å². The number of nitrogens with one attached hydrogen (secondary N) is 1. The van der Waals surface area contributed by atoms with Crippen LogP contribution in [0.4, 0.5) is 16.2 Å². The lowest BCUT2D eigenvalue weighted by molar-refractivity contribution is -0.385. The number of hydrogen-bond acceptors (Lipinski definition) is 6. The highest BCUT2D eigenvalue weighted by atomic mass is 16.6. The summed E-state index contributed by atoms with van der Waals surface area (Å²) in [5.41, 5.74) is -0.105. The Morgan fingerprint density at radius 3 is 2.44 bits per heavy atom. The summed E-state index contributed by atoms with van der Waals surface area (Å²) in [6, 6.07) is 11.2. The summed E-state index contributed by atoms with van der Waals surface area (Å²) in [4.78, 5) is 48.3. The highest BCUT2D eigenvalue weighted by Crippen LogP contribution is 2.29. The minimum Gasteiger partial charge on any atom is -0.490 e. The fraction of sp³-hybridized carbons (Fsp3) is 0.0556. The fourth-order valence-electron chi connectivity index (χ4n) is 2.58. The van der Waals surface area contributed by atoms with Gasteiger partial charge in [0.05, 0.1) is 17.7 Å². The smallest absolute Gasteiger partial charge is 0.335 e. The van der Waals surface area contributed by atoms with Gasteiger partial charge in [0.2, 0.25) is 0 Å². The average Bonchev–Trinajstić information content (AvgIpc) is 2.65. The van der Waals surface area contributed by atoms with Gasteiger partial charge in [0, 0.05) is 6.07 Å². The van der Waals surface area contributed by atoms with E-state index in [2.05, 4.69) is 5.32 Å². The van der Waals surface area contributed by atoms with E-state index in [1.54, 1.807) is 30.3 Å². The molecule has 2 aromatic rings. The molecule has 0 aromatic heterocycles. The second-order valence-electron chi connectivity index (χ2n) is 5.48. The molecule has 1 aliphatic rings. The van der Waals surface area contributed by atoms with Crippen molar-refractivity contribution < 1.29 is 24.0 Å². The zero-order valence-electron chi connectivity index (χ0n) is 14.0. The Labute approximate surface area is 153 Å². The zero-order valence-corrected chi connectivity index (χ0v) is 14.0. The number of imide groups is 2. The summed E-state index contributed by atoms with van der Waals surface area (Å²) in [7, 11) is 1.29. The van der Waals surface area contributed by atoms with E-state index in [9.17, 15) is 24.5 Å². The van der Waals surface area contributed by atoms with Crippen LogP contribution in [0.15, 0.2) is 54.1 Å². The normalized spacial score (nSPS) is 15.7. The number of urea groups is 1. The zero-order chi connectivity index (χ0) is 19.6. The number of para-hydroxylation sites is 1. The summed E-state index contributed by atoms with van der Waals surface area (Å²) in [5, 5.41) is 13.2. The lowest BCUT2D eigenvalue weighted by atomic mass is 10.1. The molecule has 0 aliphatic carbocycles. The van der Waals surface area contributed by atoms with Gasteiger partial charge >= 0.3 is 11.7 Å².